The summed E-state index contributed by atoms with van der Waals surface area (Å²) >= 11 is 0. The first kappa shape index (κ1) is 11.9. The van der Waals surface area contributed by atoms with Gasteiger partial charge >= 0.3 is 0 Å². The van der Waals surface area contributed by atoms with Crippen LogP contribution >= 0.6 is 0 Å². The maximum absolute atomic E-state index is 10.3. The highest BCUT2D eigenvalue weighted by Gasteiger charge is 2.17. The number of ether oxygens (including phenoxy) is 3. The Balaban J connectivity index is 1.88. The summed E-state index contributed by atoms with van der Waals surface area (Å²) in [6, 6.07) is 12.8. The minimum atomic E-state index is -0.694. The Morgan fingerprint density at radius 3 is 2.42 bits per heavy atom. The molecule has 0 bridgehead atoms. The Labute approximate surface area is 111 Å². The Hall–Kier alpha value is -2.20. The molecule has 0 unspecified atom stereocenters. The molecule has 0 saturated carbocycles. The lowest BCUT2D eigenvalue weighted by molar-refractivity contribution is 0.173. The van der Waals surface area contributed by atoms with Crippen molar-refractivity contribution in [2.45, 2.75) is 6.10 Å². The quantitative estimate of drug-likeness (QED) is 0.919. The van der Waals surface area contributed by atoms with E-state index < -0.39 is 6.10 Å². The first-order valence-corrected chi connectivity index (χ1v) is 5.99. The maximum atomic E-state index is 10.3. The van der Waals surface area contributed by atoms with Gasteiger partial charge in [0.15, 0.2) is 11.5 Å². The molecule has 98 valence electrons. The molecule has 19 heavy (non-hydrogen) atoms. The SMILES string of the molecule is COc1ccc([C@@H](O)c2ccc3c(c2)OCO3)cc1. The van der Waals surface area contributed by atoms with Crippen LogP contribution in [0.15, 0.2) is 42.5 Å². The molecule has 3 rings (SSSR count). The highest BCUT2D eigenvalue weighted by molar-refractivity contribution is 5.46. The molecule has 1 heterocycles. The Morgan fingerprint density at radius 2 is 1.68 bits per heavy atom. The van der Waals surface area contributed by atoms with Crippen molar-refractivity contribution in [1.82, 2.24) is 0 Å². The molecule has 0 amide bonds. The molecule has 1 atom stereocenters. The number of methoxy groups -OCH3 is 1. The number of rotatable bonds is 3. The number of hydrogen-bond donors (Lipinski definition) is 1. The van der Waals surface area contributed by atoms with E-state index >= 15 is 0 Å². The van der Waals surface area contributed by atoms with Gasteiger partial charge in [0.25, 0.3) is 0 Å². The molecule has 2 aromatic carbocycles. The molecule has 4 heteroatoms. The van der Waals surface area contributed by atoms with Gasteiger partial charge in [-0.25, -0.2) is 0 Å². The summed E-state index contributed by atoms with van der Waals surface area (Å²) in [6.45, 7) is 0.234. The van der Waals surface area contributed by atoms with Crippen LogP contribution in [-0.2, 0) is 0 Å². The van der Waals surface area contributed by atoms with Gasteiger partial charge in [-0.3, -0.25) is 0 Å². The maximum Gasteiger partial charge on any atom is 0.231 e. The monoisotopic (exact) mass is 258 g/mol. The van der Waals surface area contributed by atoms with Gasteiger partial charge in [0.05, 0.1) is 7.11 Å². The standard InChI is InChI=1S/C15H14O4/c1-17-12-5-2-10(3-6-12)15(16)11-4-7-13-14(8-11)19-9-18-13/h2-8,15-16H,9H2,1H3/t15-/m1/s1. The van der Waals surface area contributed by atoms with Crippen LogP contribution in [0, 0.1) is 0 Å². The number of benzene rings is 2. The van der Waals surface area contributed by atoms with Gasteiger partial charge < -0.3 is 19.3 Å². The van der Waals surface area contributed by atoms with Gasteiger partial charge in [-0.05, 0) is 35.4 Å². The summed E-state index contributed by atoms with van der Waals surface area (Å²) in [7, 11) is 1.61. The highest BCUT2D eigenvalue weighted by atomic mass is 16.7. The van der Waals surface area contributed by atoms with Gasteiger partial charge in [-0.15, -0.1) is 0 Å². The molecule has 0 aromatic heterocycles. The normalized spacial score (nSPS) is 14.2. The molecule has 1 N–H and O–H groups in total. The van der Waals surface area contributed by atoms with E-state index in [-0.39, 0.29) is 6.79 Å². The number of fused-ring (bicyclic) bond motifs is 1. The number of aliphatic hydroxyl groups excluding tert-OH is 1. The first-order chi connectivity index (χ1) is 9.28. The van der Waals surface area contributed by atoms with E-state index in [2.05, 4.69) is 0 Å². The van der Waals surface area contributed by atoms with Crippen molar-refractivity contribution in [3.05, 3.63) is 53.6 Å². The molecular weight excluding hydrogens is 244 g/mol. The summed E-state index contributed by atoms with van der Waals surface area (Å²) in [6.07, 6.45) is -0.694. The van der Waals surface area contributed by atoms with E-state index in [1.807, 2.05) is 36.4 Å². The molecule has 1 aliphatic heterocycles. The molecule has 0 fully saturated rings. The van der Waals surface area contributed by atoms with Crippen molar-refractivity contribution in [2.24, 2.45) is 0 Å². The number of aliphatic hydroxyl groups is 1. The molecular formula is C15H14O4. The highest BCUT2D eigenvalue weighted by Crippen LogP contribution is 2.35. The van der Waals surface area contributed by atoms with Crippen LogP contribution in [-0.4, -0.2) is 19.0 Å². The Bertz CT molecular complexity index is 577. The third-order valence-electron chi connectivity index (χ3n) is 3.14. The zero-order chi connectivity index (χ0) is 13.2. The molecule has 1 aliphatic rings. The fourth-order valence-corrected chi connectivity index (χ4v) is 2.06. The van der Waals surface area contributed by atoms with E-state index in [0.717, 1.165) is 16.9 Å². The summed E-state index contributed by atoms with van der Waals surface area (Å²) in [4.78, 5) is 0. The van der Waals surface area contributed by atoms with Crippen LogP contribution in [0.2, 0.25) is 0 Å². The van der Waals surface area contributed by atoms with Gasteiger partial charge in [0.1, 0.15) is 11.9 Å². The summed E-state index contributed by atoms with van der Waals surface area (Å²) < 4.78 is 15.7. The Morgan fingerprint density at radius 1 is 1.00 bits per heavy atom. The Kier molecular flexibility index (Phi) is 3.01. The van der Waals surface area contributed by atoms with Gasteiger partial charge in [-0.1, -0.05) is 18.2 Å². The van der Waals surface area contributed by atoms with Crippen molar-refractivity contribution < 1.29 is 19.3 Å². The average molecular weight is 258 g/mol. The fourth-order valence-electron chi connectivity index (χ4n) is 2.06. The molecule has 0 saturated heterocycles. The van der Waals surface area contributed by atoms with Crippen LogP contribution < -0.4 is 14.2 Å². The lowest BCUT2D eigenvalue weighted by Crippen LogP contribution is -1.99. The van der Waals surface area contributed by atoms with E-state index in [4.69, 9.17) is 14.2 Å². The van der Waals surface area contributed by atoms with Crippen molar-refractivity contribution in [3.63, 3.8) is 0 Å². The lowest BCUT2D eigenvalue weighted by atomic mass is 10.0. The zero-order valence-electron chi connectivity index (χ0n) is 10.5. The second kappa shape index (κ2) is 4.82. The van der Waals surface area contributed by atoms with E-state index in [1.54, 1.807) is 13.2 Å². The molecule has 0 radical (unpaired) electrons. The van der Waals surface area contributed by atoms with Crippen molar-refractivity contribution in [1.29, 1.82) is 0 Å². The van der Waals surface area contributed by atoms with Crippen LogP contribution in [0.1, 0.15) is 17.2 Å². The van der Waals surface area contributed by atoms with E-state index in [1.165, 1.54) is 0 Å². The minimum absolute atomic E-state index is 0.234. The molecule has 2 aromatic rings. The largest absolute Gasteiger partial charge is 0.497 e. The molecule has 0 aliphatic carbocycles. The predicted molar refractivity (Wildman–Crippen MR) is 69.6 cm³/mol. The van der Waals surface area contributed by atoms with E-state index in [9.17, 15) is 5.11 Å². The van der Waals surface area contributed by atoms with Crippen molar-refractivity contribution in [3.8, 4) is 17.2 Å². The predicted octanol–water partition coefficient (Wildman–Crippen LogP) is 2.51. The van der Waals surface area contributed by atoms with Gasteiger partial charge in [-0.2, -0.15) is 0 Å². The summed E-state index contributed by atoms with van der Waals surface area (Å²) in [5.41, 5.74) is 1.58. The lowest BCUT2D eigenvalue weighted by Gasteiger charge is -2.12. The van der Waals surface area contributed by atoms with Crippen molar-refractivity contribution >= 4 is 0 Å². The average Bonchev–Trinajstić information content (AvgIpc) is 2.94. The van der Waals surface area contributed by atoms with Crippen LogP contribution in [0.25, 0.3) is 0 Å². The molecule has 0 spiro atoms. The summed E-state index contributed by atoms with van der Waals surface area (Å²) in [5, 5.41) is 10.3. The van der Waals surface area contributed by atoms with Gasteiger partial charge in [0.2, 0.25) is 6.79 Å². The topological polar surface area (TPSA) is 47.9 Å². The zero-order valence-corrected chi connectivity index (χ0v) is 10.5. The van der Waals surface area contributed by atoms with Crippen LogP contribution in [0.3, 0.4) is 0 Å². The second-order valence-electron chi connectivity index (χ2n) is 4.29. The smallest absolute Gasteiger partial charge is 0.231 e. The van der Waals surface area contributed by atoms with E-state index in [0.29, 0.717) is 11.5 Å². The van der Waals surface area contributed by atoms with Gasteiger partial charge in [0, 0.05) is 0 Å². The van der Waals surface area contributed by atoms with Crippen LogP contribution in [0.4, 0.5) is 0 Å². The van der Waals surface area contributed by atoms with Crippen LogP contribution in [0.5, 0.6) is 17.2 Å². The third-order valence-corrected chi connectivity index (χ3v) is 3.14. The third kappa shape index (κ3) is 2.22. The van der Waals surface area contributed by atoms with Crippen molar-refractivity contribution in [2.75, 3.05) is 13.9 Å². The first-order valence-electron chi connectivity index (χ1n) is 5.99. The minimum Gasteiger partial charge on any atom is -0.497 e. The molecule has 4 nitrogen and oxygen atoms in total. The number of hydrogen-bond acceptors (Lipinski definition) is 4. The second-order valence-corrected chi connectivity index (χ2v) is 4.29. The summed E-state index contributed by atoms with van der Waals surface area (Å²) in [5.74, 6) is 2.15. The fraction of sp³-hybridized carbons (Fsp3) is 0.200.